The van der Waals surface area contributed by atoms with Crippen LogP contribution in [0, 0.1) is 6.92 Å². The van der Waals surface area contributed by atoms with Crippen LogP contribution in [0.4, 0.5) is 5.69 Å². The number of aryl methyl sites for hydroxylation is 1. The van der Waals surface area contributed by atoms with E-state index in [4.69, 9.17) is 5.73 Å². The number of nitrogen functional groups attached to an aromatic ring is 1. The Morgan fingerprint density at radius 2 is 2.23 bits per heavy atom. The summed E-state index contributed by atoms with van der Waals surface area (Å²) in [6.07, 6.45) is 5.23. The van der Waals surface area contributed by atoms with Crippen molar-refractivity contribution in [3.8, 4) is 10.4 Å². The molecule has 0 saturated carbocycles. The second-order valence-electron chi connectivity index (χ2n) is 2.71. The van der Waals surface area contributed by atoms with Crippen molar-refractivity contribution >= 4 is 17.0 Å². The van der Waals surface area contributed by atoms with E-state index in [1.165, 1.54) is 0 Å². The van der Waals surface area contributed by atoms with Crippen LogP contribution in [0.5, 0.6) is 0 Å². The average molecular weight is 191 g/mol. The van der Waals surface area contributed by atoms with E-state index in [1.54, 1.807) is 23.7 Å². The SMILES string of the molecule is Cc1ncc(-c2ccncc2N)s1. The Kier molecular flexibility index (Phi) is 1.98. The van der Waals surface area contributed by atoms with Gasteiger partial charge in [-0.05, 0) is 13.0 Å². The zero-order chi connectivity index (χ0) is 9.26. The number of hydrogen-bond acceptors (Lipinski definition) is 4. The van der Waals surface area contributed by atoms with Crippen molar-refractivity contribution in [2.75, 3.05) is 5.73 Å². The Morgan fingerprint density at radius 3 is 2.85 bits per heavy atom. The Bertz CT molecular complexity index is 422. The summed E-state index contributed by atoms with van der Waals surface area (Å²) in [4.78, 5) is 9.21. The number of aromatic nitrogens is 2. The minimum atomic E-state index is 0.700. The fourth-order valence-corrected chi connectivity index (χ4v) is 1.94. The number of anilines is 1. The largest absolute Gasteiger partial charge is 0.397 e. The summed E-state index contributed by atoms with van der Waals surface area (Å²) in [7, 11) is 0. The van der Waals surface area contributed by atoms with Crippen LogP contribution in [0.3, 0.4) is 0 Å². The van der Waals surface area contributed by atoms with Crippen molar-refractivity contribution in [2.45, 2.75) is 6.92 Å². The number of nitrogens with two attached hydrogens (primary N) is 1. The van der Waals surface area contributed by atoms with Crippen LogP contribution in [-0.4, -0.2) is 9.97 Å². The topological polar surface area (TPSA) is 51.8 Å². The average Bonchev–Trinajstić information content (AvgIpc) is 2.53. The minimum absolute atomic E-state index is 0.700. The Labute approximate surface area is 80.3 Å². The summed E-state index contributed by atoms with van der Waals surface area (Å²) in [5.41, 5.74) is 7.49. The molecule has 2 aromatic heterocycles. The van der Waals surface area contributed by atoms with E-state index in [2.05, 4.69) is 9.97 Å². The first kappa shape index (κ1) is 8.19. The Morgan fingerprint density at radius 1 is 1.38 bits per heavy atom. The lowest BCUT2D eigenvalue weighted by atomic mass is 10.2. The van der Waals surface area contributed by atoms with E-state index in [1.807, 2.05) is 19.2 Å². The lowest BCUT2D eigenvalue weighted by Gasteiger charge is -1.99. The van der Waals surface area contributed by atoms with Crippen LogP contribution < -0.4 is 5.73 Å². The summed E-state index contributed by atoms with van der Waals surface area (Å²) < 4.78 is 0. The highest BCUT2D eigenvalue weighted by Gasteiger charge is 2.04. The minimum Gasteiger partial charge on any atom is -0.397 e. The highest BCUT2D eigenvalue weighted by Crippen LogP contribution is 2.29. The van der Waals surface area contributed by atoms with E-state index in [-0.39, 0.29) is 0 Å². The van der Waals surface area contributed by atoms with Crippen LogP contribution in [0.1, 0.15) is 5.01 Å². The van der Waals surface area contributed by atoms with Gasteiger partial charge in [0.25, 0.3) is 0 Å². The van der Waals surface area contributed by atoms with E-state index in [0.717, 1.165) is 15.4 Å². The molecule has 13 heavy (non-hydrogen) atoms. The van der Waals surface area contributed by atoms with Gasteiger partial charge in [0.1, 0.15) is 0 Å². The molecule has 3 nitrogen and oxygen atoms in total. The maximum atomic E-state index is 5.78. The molecule has 0 radical (unpaired) electrons. The van der Waals surface area contributed by atoms with Crippen molar-refractivity contribution in [3.05, 3.63) is 29.7 Å². The maximum absolute atomic E-state index is 5.78. The smallest absolute Gasteiger partial charge is 0.0900 e. The van der Waals surface area contributed by atoms with Crippen molar-refractivity contribution in [3.63, 3.8) is 0 Å². The number of nitrogens with zero attached hydrogens (tertiary/aromatic N) is 2. The third-order valence-corrected chi connectivity index (χ3v) is 2.68. The molecule has 4 heteroatoms. The highest BCUT2D eigenvalue weighted by atomic mass is 32.1. The predicted molar refractivity (Wildman–Crippen MR) is 54.5 cm³/mol. The van der Waals surface area contributed by atoms with E-state index in [0.29, 0.717) is 5.69 Å². The first-order valence-corrected chi connectivity index (χ1v) is 4.71. The lowest BCUT2D eigenvalue weighted by molar-refractivity contribution is 1.29. The summed E-state index contributed by atoms with van der Waals surface area (Å²) in [6, 6.07) is 1.91. The van der Waals surface area contributed by atoms with Gasteiger partial charge in [-0.1, -0.05) is 0 Å². The van der Waals surface area contributed by atoms with Gasteiger partial charge in [-0.3, -0.25) is 4.98 Å². The molecule has 2 rings (SSSR count). The van der Waals surface area contributed by atoms with Crippen molar-refractivity contribution in [1.29, 1.82) is 0 Å². The van der Waals surface area contributed by atoms with Crippen LogP contribution in [0.15, 0.2) is 24.7 Å². The number of rotatable bonds is 1. The molecule has 0 fully saturated rings. The molecule has 2 aromatic rings. The molecule has 0 aliphatic carbocycles. The second kappa shape index (κ2) is 3.14. The second-order valence-corrected chi connectivity index (χ2v) is 3.94. The summed E-state index contributed by atoms with van der Waals surface area (Å²) in [5, 5.41) is 1.05. The van der Waals surface area contributed by atoms with Crippen LogP contribution >= 0.6 is 11.3 Å². The molecule has 0 aliphatic heterocycles. The fourth-order valence-electron chi connectivity index (χ4n) is 1.12. The molecule has 66 valence electrons. The van der Waals surface area contributed by atoms with Crippen molar-refractivity contribution < 1.29 is 0 Å². The van der Waals surface area contributed by atoms with Crippen molar-refractivity contribution in [1.82, 2.24) is 9.97 Å². The maximum Gasteiger partial charge on any atom is 0.0900 e. The van der Waals surface area contributed by atoms with Crippen LogP contribution in [0.2, 0.25) is 0 Å². The zero-order valence-electron chi connectivity index (χ0n) is 7.19. The molecule has 0 aliphatic rings. The molecule has 0 amide bonds. The normalized spacial score (nSPS) is 10.2. The standard InChI is InChI=1S/C9H9N3S/c1-6-12-5-9(13-6)7-2-3-11-4-8(7)10/h2-5H,10H2,1H3. The molecule has 0 saturated heterocycles. The van der Waals surface area contributed by atoms with Gasteiger partial charge in [0, 0.05) is 18.0 Å². The number of pyridine rings is 1. The van der Waals surface area contributed by atoms with E-state index in [9.17, 15) is 0 Å². The summed E-state index contributed by atoms with van der Waals surface area (Å²) in [6.45, 7) is 1.98. The number of thiazole rings is 1. The van der Waals surface area contributed by atoms with Gasteiger partial charge in [-0.2, -0.15) is 0 Å². The molecule has 2 N–H and O–H groups in total. The first-order chi connectivity index (χ1) is 6.27. The van der Waals surface area contributed by atoms with Gasteiger partial charge in [-0.15, -0.1) is 11.3 Å². The van der Waals surface area contributed by atoms with Gasteiger partial charge in [0.05, 0.1) is 21.8 Å². The molecule has 0 unspecified atom stereocenters. The fraction of sp³-hybridized carbons (Fsp3) is 0.111. The third kappa shape index (κ3) is 1.53. The number of hydrogen-bond donors (Lipinski definition) is 1. The zero-order valence-corrected chi connectivity index (χ0v) is 8.01. The molecule has 0 atom stereocenters. The van der Waals surface area contributed by atoms with Crippen LogP contribution in [-0.2, 0) is 0 Å². The van der Waals surface area contributed by atoms with Gasteiger partial charge in [0.15, 0.2) is 0 Å². The Hall–Kier alpha value is -1.42. The molecule has 0 bridgehead atoms. The summed E-state index contributed by atoms with van der Waals surface area (Å²) in [5.74, 6) is 0. The summed E-state index contributed by atoms with van der Waals surface area (Å²) >= 11 is 1.64. The molecule has 2 heterocycles. The van der Waals surface area contributed by atoms with Crippen molar-refractivity contribution in [2.24, 2.45) is 0 Å². The van der Waals surface area contributed by atoms with Crippen LogP contribution in [0.25, 0.3) is 10.4 Å². The molecular weight excluding hydrogens is 182 g/mol. The van der Waals surface area contributed by atoms with Gasteiger partial charge in [-0.25, -0.2) is 4.98 Å². The van der Waals surface area contributed by atoms with Gasteiger partial charge in [0.2, 0.25) is 0 Å². The predicted octanol–water partition coefficient (Wildman–Crippen LogP) is 2.10. The quantitative estimate of drug-likeness (QED) is 0.751. The van der Waals surface area contributed by atoms with Gasteiger partial charge >= 0.3 is 0 Å². The molecule has 0 aromatic carbocycles. The third-order valence-electron chi connectivity index (χ3n) is 1.74. The van der Waals surface area contributed by atoms with E-state index < -0.39 is 0 Å². The Balaban J connectivity index is 2.52. The molecule has 0 spiro atoms. The van der Waals surface area contributed by atoms with Gasteiger partial charge < -0.3 is 5.73 Å². The monoisotopic (exact) mass is 191 g/mol. The molecular formula is C9H9N3S. The first-order valence-electron chi connectivity index (χ1n) is 3.89. The van der Waals surface area contributed by atoms with E-state index >= 15 is 0 Å². The lowest BCUT2D eigenvalue weighted by Crippen LogP contribution is -1.88. The highest BCUT2D eigenvalue weighted by molar-refractivity contribution is 7.15.